The Morgan fingerprint density at radius 2 is 2.27 bits per heavy atom. The van der Waals surface area contributed by atoms with E-state index in [0.29, 0.717) is 5.92 Å². The maximum Gasteiger partial charge on any atom is 0.0460 e. The molecule has 0 unspecified atom stereocenters. The van der Waals surface area contributed by atoms with Gasteiger partial charge in [-0.05, 0) is 31.4 Å². The van der Waals surface area contributed by atoms with Gasteiger partial charge in [-0.15, -0.1) is 11.3 Å². The molecule has 0 radical (unpaired) electrons. The molecule has 62 valence electrons. The molecular weight excluding hydrogens is 156 g/mol. The minimum atomic E-state index is 0.289. The summed E-state index contributed by atoms with van der Waals surface area (Å²) in [5.74, 6) is 0.396. The zero-order valence-corrected chi connectivity index (χ0v) is 7.82. The standard InChI is InChI=1S/C9H14OS/c1-7(6-10)5-9-4-3-8(2)11-9/h3-4,7,10H,5-6H2,1-2H3/t7-/m0/s1. The predicted molar refractivity (Wildman–Crippen MR) is 49.0 cm³/mol. The Morgan fingerprint density at radius 3 is 2.73 bits per heavy atom. The fraction of sp³-hybridized carbons (Fsp3) is 0.556. The zero-order chi connectivity index (χ0) is 8.27. The van der Waals surface area contributed by atoms with E-state index in [1.54, 1.807) is 0 Å². The molecule has 0 amide bonds. The van der Waals surface area contributed by atoms with Crippen LogP contribution in [0.15, 0.2) is 12.1 Å². The van der Waals surface area contributed by atoms with Crippen LogP contribution < -0.4 is 0 Å². The van der Waals surface area contributed by atoms with Gasteiger partial charge in [-0.1, -0.05) is 6.92 Å². The van der Waals surface area contributed by atoms with Crippen LogP contribution >= 0.6 is 11.3 Å². The second kappa shape index (κ2) is 3.88. The van der Waals surface area contributed by atoms with Crippen molar-refractivity contribution >= 4 is 11.3 Å². The van der Waals surface area contributed by atoms with Crippen molar-refractivity contribution in [2.75, 3.05) is 6.61 Å². The molecule has 1 rings (SSSR count). The Labute approximate surface area is 71.7 Å². The first-order chi connectivity index (χ1) is 5.22. The van der Waals surface area contributed by atoms with Gasteiger partial charge in [-0.3, -0.25) is 0 Å². The summed E-state index contributed by atoms with van der Waals surface area (Å²) in [4.78, 5) is 2.73. The summed E-state index contributed by atoms with van der Waals surface area (Å²) < 4.78 is 0. The number of aliphatic hydroxyl groups excluding tert-OH is 1. The van der Waals surface area contributed by atoms with E-state index < -0.39 is 0 Å². The maximum atomic E-state index is 8.81. The lowest BCUT2D eigenvalue weighted by Crippen LogP contribution is -2.02. The predicted octanol–water partition coefficient (Wildman–Crippen LogP) is 2.23. The molecule has 0 fully saturated rings. The highest BCUT2D eigenvalue weighted by Gasteiger charge is 2.02. The van der Waals surface area contributed by atoms with Gasteiger partial charge in [0, 0.05) is 16.4 Å². The van der Waals surface area contributed by atoms with E-state index in [1.807, 2.05) is 11.3 Å². The first kappa shape index (κ1) is 8.75. The molecule has 0 aliphatic rings. The third-order valence-corrected chi connectivity index (χ3v) is 2.68. The van der Waals surface area contributed by atoms with Gasteiger partial charge in [0.15, 0.2) is 0 Å². The fourth-order valence-electron chi connectivity index (χ4n) is 1.00. The molecule has 1 nitrogen and oxygen atoms in total. The molecule has 1 aromatic rings. The lowest BCUT2D eigenvalue weighted by atomic mass is 10.1. The molecule has 1 aromatic heterocycles. The van der Waals surface area contributed by atoms with Crippen molar-refractivity contribution in [3.63, 3.8) is 0 Å². The lowest BCUT2D eigenvalue weighted by Gasteiger charge is -2.03. The molecule has 0 aliphatic carbocycles. The highest BCUT2D eigenvalue weighted by Crippen LogP contribution is 2.18. The second-order valence-electron chi connectivity index (χ2n) is 3.00. The molecule has 0 aliphatic heterocycles. The quantitative estimate of drug-likeness (QED) is 0.737. The van der Waals surface area contributed by atoms with Crippen molar-refractivity contribution in [2.45, 2.75) is 20.3 Å². The molecule has 0 bridgehead atoms. The first-order valence-corrected chi connectivity index (χ1v) is 4.70. The van der Waals surface area contributed by atoms with Gasteiger partial charge in [0.2, 0.25) is 0 Å². The largest absolute Gasteiger partial charge is 0.396 e. The van der Waals surface area contributed by atoms with Crippen LogP contribution in [0.1, 0.15) is 16.7 Å². The van der Waals surface area contributed by atoms with Crippen LogP contribution in [0.4, 0.5) is 0 Å². The minimum Gasteiger partial charge on any atom is -0.396 e. The molecular formula is C9H14OS. The van der Waals surface area contributed by atoms with Gasteiger partial charge >= 0.3 is 0 Å². The van der Waals surface area contributed by atoms with Gasteiger partial charge in [-0.2, -0.15) is 0 Å². The third kappa shape index (κ3) is 2.64. The molecule has 0 aromatic carbocycles. The molecule has 0 saturated carbocycles. The van der Waals surface area contributed by atoms with E-state index in [9.17, 15) is 0 Å². The molecule has 0 saturated heterocycles. The number of hydrogen-bond acceptors (Lipinski definition) is 2. The number of rotatable bonds is 3. The van der Waals surface area contributed by atoms with Crippen LogP contribution in [0.3, 0.4) is 0 Å². The topological polar surface area (TPSA) is 20.2 Å². The van der Waals surface area contributed by atoms with Crippen LogP contribution in [-0.4, -0.2) is 11.7 Å². The number of thiophene rings is 1. The number of aliphatic hydroxyl groups is 1. The minimum absolute atomic E-state index is 0.289. The second-order valence-corrected chi connectivity index (χ2v) is 4.38. The first-order valence-electron chi connectivity index (χ1n) is 3.88. The van der Waals surface area contributed by atoms with E-state index in [-0.39, 0.29) is 6.61 Å². The molecule has 1 N–H and O–H groups in total. The SMILES string of the molecule is Cc1ccc(C[C@H](C)CO)s1. The van der Waals surface area contributed by atoms with E-state index in [1.165, 1.54) is 9.75 Å². The summed E-state index contributed by atoms with van der Waals surface area (Å²) in [5, 5.41) is 8.81. The molecule has 1 heterocycles. The Morgan fingerprint density at radius 1 is 1.55 bits per heavy atom. The lowest BCUT2D eigenvalue weighted by molar-refractivity contribution is 0.237. The Kier molecular flexibility index (Phi) is 3.09. The summed E-state index contributed by atoms with van der Waals surface area (Å²) in [7, 11) is 0. The van der Waals surface area contributed by atoms with E-state index in [2.05, 4.69) is 26.0 Å². The molecule has 11 heavy (non-hydrogen) atoms. The van der Waals surface area contributed by atoms with Crippen LogP contribution in [0, 0.1) is 12.8 Å². The average molecular weight is 170 g/mol. The maximum absolute atomic E-state index is 8.81. The molecule has 0 spiro atoms. The summed E-state index contributed by atoms with van der Waals surface area (Å²) in [5.41, 5.74) is 0. The Bertz CT molecular complexity index is 217. The van der Waals surface area contributed by atoms with Crippen molar-refractivity contribution in [2.24, 2.45) is 5.92 Å². The number of hydrogen-bond donors (Lipinski definition) is 1. The van der Waals surface area contributed by atoms with Crippen molar-refractivity contribution in [3.8, 4) is 0 Å². The monoisotopic (exact) mass is 170 g/mol. The van der Waals surface area contributed by atoms with Crippen molar-refractivity contribution in [1.82, 2.24) is 0 Å². The van der Waals surface area contributed by atoms with Crippen LogP contribution in [0.5, 0.6) is 0 Å². The van der Waals surface area contributed by atoms with Crippen molar-refractivity contribution < 1.29 is 5.11 Å². The summed E-state index contributed by atoms with van der Waals surface area (Å²) in [6, 6.07) is 4.27. The van der Waals surface area contributed by atoms with Crippen LogP contribution in [0.25, 0.3) is 0 Å². The van der Waals surface area contributed by atoms with Gasteiger partial charge in [0.25, 0.3) is 0 Å². The smallest absolute Gasteiger partial charge is 0.0460 e. The van der Waals surface area contributed by atoms with E-state index in [4.69, 9.17) is 5.11 Å². The van der Waals surface area contributed by atoms with Gasteiger partial charge < -0.3 is 5.11 Å². The van der Waals surface area contributed by atoms with Crippen LogP contribution in [-0.2, 0) is 6.42 Å². The fourth-order valence-corrected chi connectivity index (χ4v) is 2.06. The van der Waals surface area contributed by atoms with Gasteiger partial charge in [-0.25, -0.2) is 0 Å². The summed E-state index contributed by atoms with van der Waals surface area (Å²) in [6.07, 6.45) is 1.01. The van der Waals surface area contributed by atoms with Crippen molar-refractivity contribution in [1.29, 1.82) is 0 Å². The van der Waals surface area contributed by atoms with E-state index in [0.717, 1.165) is 6.42 Å². The summed E-state index contributed by atoms with van der Waals surface area (Å²) in [6.45, 7) is 4.46. The molecule has 1 atom stereocenters. The van der Waals surface area contributed by atoms with Gasteiger partial charge in [0.05, 0.1) is 0 Å². The highest BCUT2D eigenvalue weighted by atomic mass is 32.1. The molecule has 2 heteroatoms. The Hall–Kier alpha value is -0.340. The third-order valence-electron chi connectivity index (χ3n) is 1.66. The van der Waals surface area contributed by atoms with Crippen LogP contribution in [0.2, 0.25) is 0 Å². The number of aryl methyl sites for hydroxylation is 1. The van der Waals surface area contributed by atoms with Crippen molar-refractivity contribution in [3.05, 3.63) is 21.9 Å². The Balaban J connectivity index is 2.50. The normalized spacial score (nSPS) is 13.4. The van der Waals surface area contributed by atoms with E-state index >= 15 is 0 Å². The highest BCUT2D eigenvalue weighted by molar-refractivity contribution is 7.11. The van der Waals surface area contributed by atoms with Gasteiger partial charge in [0.1, 0.15) is 0 Å². The summed E-state index contributed by atoms with van der Waals surface area (Å²) >= 11 is 1.82. The average Bonchev–Trinajstić information content (AvgIpc) is 2.35. The zero-order valence-electron chi connectivity index (χ0n) is 7.00.